The first-order valence-electron chi connectivity index (χ1n) is 8.48. The van der Waals surface area contributed by atoms with Crippen LogP contribution in [0.4, 0.5) is 0 Å². The molecule has 2 heterocycles. The molecule has 1 N–H and O–H groups in total. The van der Waals surface area contributed by atoms with Crippen LogP contribution >= 0.6 is 0 Å². The summed E-state index contributed by atoms with van der Waals surface area (Å²) in [6.45, 7) is 4.27. The van der Waals surface area contributed by atoms with Gasteiger partial charge in [0.05, 0.1) is 11.8 Å². The normalized spacial score (nSPS) is 25.8. The van der Waals surface area contributed by atoms with Gasteiger partial charge in [-0.15, -0.1) is 0 Å². The van der Waals surface area contributed by atoms with Crippen LogP contribution in [0.15, 0.2) is 18.6 Å². The van der Waals surface area contributed by atoms with E-state index in [-0.39, 0.29) is 23.5 Å². The van der Waals surface area contributed by atoms with Gasteiger partial charge in [-0.05, 0) is 32.6 Å². The summed E-state index contributed by atoms with van der Waals surface area (Å²) in [6, 6.07) is 0.206. The van der Waals surface area contributed by atoms with Crippen LogP contribution in [0.3, 0.4) is 0 Å². The zero-order chi connectivity index (χ0) is 16.1. The van der Waals surface area contributed by atoms with Crippen molar-refractivity contribution in [3.8, 4) is 0 Å². The standard InChI is InChI=1S/C17H25N3O3/c1-2-23-15-11-14(17(15)5-9-22-10-6-17)20-16(21)4-3-13-12-18-7-8-19-13/h7-8,12,14-15H,2-6,9-11H2,1H3,(H,20,21)/t14-,15-/m0/s1. The first-order valence-corrected chi connectivity index (χ1v) is 8.48. The third-order valence-corrected chi connectivity index (χ3v) is 5.14. The Morgan fingerprint density at radius 1 is 1.43 bits per heavy atom. The lowest BCUT2D eigenvalue weighted by Crippen LogP contribution is -2.66. The highest BCUT2D eigenvalue weighted by molar-refractivity contribution is 5.76. The predicted octanol–water partition coefficient (Wildman–Crippen LogP) is 1.50. The Bertz CT molecular complexity index is 517. The summed E-state index contributed by atoms with van der Waals surface area (Å²) in [4.78, 5) is 20.5. The fourth-order valence-electron chi connectivity index (χ4n) is 3.77. The molecule has 126 valence electrons. The van der Waals surface area contributed by atoms with Crippen LogP contribution in [0.25, 0.3) is 0 Å². The molecule has 1 saturated carbocycles. The van der Waals surface area contributed by atoms with E-state index in [1.54, 1.807) is 18.6 Å². The number of nitrogens with one attached hydrogen (secondary N) is 1. The van der Waals surface area contributed by atoms with E-state index in [4.69, 9.17) is 9.47 Å². The minimum atomic E-state index is 0.0659. The number of hydrogen-bond donors (Lipinski definition) is 1. The third-order valence-electron chi connectivity index (χ3n) is 5.14. The van der Waals surface area contributed by atoms with Gasteiger partial charge in [-0.1, -0.05) is 0 Å². The lowest BCUT2D eigenvalue weighted by atomic mass is 9.57. The molecule has 2 atom stereocenters. The van der Waals surface area contributed by atoms with E-state index in [1.165, 1.54) is 0 Å². The number of aryl methyl sites for hydroxylation is 1. The second-order valence-corrected chi connectivity index (χ2v) is 6.34. The monoisotopic (exact) mass is 319 g/mol. The van der Waals surface area contributed by atoms with Gasteiger partial charge in [0.2, 0.25) is 5.91 Å². The van der Waals surface area contributed by atoms with Crippen LogP contribution in [-0.2, 0) is 20.7 Å². The Morgan fingerprint density at radius 3 is 2.96 bits per heavy atom. The number of rotatable bonds is 6. The first kappa shape index (κ1) is 16.3. The highest BCUT2D eigenvalue weighted by Crippen LogP contribution is 2.50. The quantitative estimate of drug-likeness (QED) is 0.860. The summed E-state index contributed by atoms with van der Waals surface area (Å²) < 4.78 is 11.4. The molecule has 1 saturated heterocycles. The zero-order valence-corrected chi connectivity index (χ0v) is 13.7. The van der Waals surface area contributed by atoms with Crippen LogP contribution in [0, 0.1) is 5.41 Å². The molecule has 2 fully saturated rings. The van der Waals surface area contributed by atoms with Crippen LogP contribution in [0.5, 0.6) is 0 Å². The number of ether oxygens (including phenoxy) is 2. The van der Waals surface area contributed by atoms with E-state index >= 15 is 0 Å². The molecule has 1 aliphatic heterocycles. The highest BCUT2D eigenvalue weighted by atomic mass is 16.5. The van der Waals surface area contributed by atoms with Gasteiger partial charge in [-0.25, -0.2) is 0 Å². The number of carbonyl (C=O) groups is 1. The van der Waals surface area contributed by atoms with Gasteiger partial charge in [0.15, 0.2) is 0 Å². The van der Waals surface area contributed by atoms with Crippen LogP contribution in [0.1, 0.15) is 38.3 Å². The minimum Gasteiger partial charge on any atom is -0.381 e. The number of hydrogen-bond acceptors (Lipinski definition) is 5. The van der Waals surface area contributed by atoms with Gasteiger partial charge in [0, 0.05) is 56.3 Å². The van der Waals surface area contributed by atoms with E-state index in [0.717, 1.165) is 44.8 Å². The van der Waals surface area contributed by atoms with Crippen molar-refractivity contribution in [3.63, 3.8) is 0 Å². The number of amides is 1. The Labute approximate surface area is 137 Å². The Balaban J connectivity index is 1.53. The maximum atomic E-state index is 12.3. The Hall–Kier alpha value is -1.53. The molecule has 2 aliphatic rings. The summed E-state index contributed by atoms with van der Waals surface area (Å²) in [7, 11) is 0. The van der Waals surface area contributed by atoms with E-state index in [9.17, 15) is 4.79 Å². The maximum absolute atomic E-state index is 12.3. The van der Waals surface area contributed by atoms with Gasteiger partial charge in [-0.2, -0.15) is 0 Å². The molecular formula is C17H25N3O3. The summed E-state index contributed by atoms with van der Waals surface area (Å²) in [5, 5.41) is 3.21. The smallest absolute Gasteiger partial charge is 0.220 e. The minimum absolute atomic E-state index is 0.0659. The fourth-order valence-corrected chi connectivity index (χ4v) is 3.77. The number of aromatic nitrogens is 2. The van der Waals surface area contributed by atoms with Gasteiger partial charge >= 0.3 is 0 Å². The fraction of sp³-hybridized carbons (Fsp3) is 0.706. The number of nitrogens with zero attached hydrogens (tertiary/aromatic N) is 2. The molecule has 0 unspecified atom stereocenters. The molecule has 23 heavy (non-hydrogen) atoms. The van der Waals surface area contributed by atoms with Crippen LogP contribution < -0.4 is 5.32 Å². The molecule has 1 aromatic heterocycles. The zero-order valence-electron chi connectivity index (χ0n) is 13.7. The van der Waals surface area contributed by atoms with E-state index in [0.29, 0.717) is 12.8 Å². The van der Waals surface area contributed by atoms with Crippen molar-refractivity contribution in [3.05, 3.63) is 24.3 Å². The van der Waals surface area contributed by atoms with Gasteiger partial charge < -0.3 is 14.8 Å². The SMILES string of the molecule is CCO[C@H]1C[C@H](NC(=O)CCc2cnccn2)C12CCOCC2. The topological polar surface area (TPSA) is 73.3 Å². The van der Waals surface area contributed by atoms with E-state index < -0.39 is 0 Å². The van der Waals surface area contributed by atoms with Crippen molar-refractivity contribution in [2.75, 3.05) is 19.8 Å². The summed E-state index contributed by atoms with van der Waals surface area (Å²) in [5.41, 5.74) is 0.917. The van der Waals surface area contributed by atoms with Crippen molar-refractivity contribution >= 4 is 5.91 Å². The Morgan fingerprint density at radius 2 is 2.26 bits per heavy atom. The van der Waals surface area contributed by atoms with Gasteiger partial charge in [0.25, 0.3) is 0 Å². The van der Waals surface area contributed by atoms with Crippen molar-refractivity contribution in [2.24, 2.45) is 5.41 Å². The summed E-state index contributed by atoms with van der Waals surface area (Å²) in [5.74, 6) is 0.0847. The molecule has 0 bridgehead atoms. The molecule has 0 aromatic carbocycles. The molecule has 0 radical (unpaired) electrons. The molecule has 6 heteroatoms. The largest absolute Gasteiger partial charge is 0.381 e. The Kier molecular flexibility index (Phi) is 5.23. The molecular weight excluding hydrogens is 294 g/mol. The molecule has 3 rings (SSSR count). The van der Waals surface area contributed by atoms with Crippen molar-refractivity contribution < 1.29 is 14.3 Å². The average Bonchev–Trinajstić information content (AvgIpc) is 2.61. The second-order valence-electron chi connectivity index (χ2n) is 6.34. The average molecular weight is 319 g/mol. The van der Waals surface area contributed by atoms with E-state index in [2.05, 4.69) is 15.3 Å². The number of carbonyl (C=O) groups excluding carboxylic acids is 1. The lowest BCUT2D eigenvalue weighted by molar-refractivity contribution is -0.175. The van der Waals surface area contributed by atoms with Crippen LogP contribution in [-0.4, -0.2) is 47.8 Å². The predicted molar refractivity (Wildman–Crippen MR) is 84.8 cm³/mol. The van der Waals surface area contributed by atoms with Gasteiger partial charge in [-0.3, -0.25) is 14.8 Å². The molecule has 1 amide bonds. The third kappa shape index (κ3) is 3.53. The summed E-state index contributed by atoms with van der Waals surface area (Å²) in [6.07, 6.45) is 9.16. The van der Waals surface area contributed by atoms with Crippen molar-refractivity contribution in [2.45, 2.75) is 51.2 Å². The highest BCUT2D eigenvalue weighted by Gasteiger charge is 2.56. The van der Waals surface area contributed by atoms with Crippen molar-refractivity contribution in [1.29, 1.82) is 0 Å². The first-order chi connectivity index (χ1) is 11.2. The van der Waals surface area contributed by atoms with Gasteiger partial charge in [0.1, 0.15) is 0 Å². The lowest BCUT2D eigenvalue weighted by Gasteiger charge is -2.57. The molecule has 6 nitrogen and oxygen atoms in total. The van der Waals surface area contributed by atoms with E-state index in [1.807, 2.05) is 6.92 Å². The van der Waals surface area contributed by atoms with Crippen LogP contribution in [0.2, 0.25) is 0 Å². The summed E-state index contributed by atoms with van der Waals surface area (Å²) >= 11 is 0. The molecule has 1 aromatic rings. The molecule has 1 spiro atoms. The second kappa shape index (κ2) is 7.36. The molecule has 1 aliphatic carbocycles. The van der Waals surface area contributed by atoms with Crippen molar-refractivity contribution in [1.82, 2.24) is 15.3 Å². The maximum Gasteiger partial charge on any atom is 0.220 e.